The summed E-state index contributed by atoms with van der Waals surface area (Å²) in [5.74, 6) is -0.816. The van der Waals surface area contributed by atoms with Crippen molar-refractivity contribution in [2.75, 3.05) is 13.1 Å². The van der Waals surface area contributed by atoms with Crippen LogP contribution in [0.1, 0.15) is 38.8 Å². The molecular weight excluding hydrogens is 351 g/mol. The molecule has 0 spiro atoms. The summed E-state index contributed by atoms with van der Waals surface area (Å²) in [5.41, 5.74) is 1.89. The molecule has 2 amide bonds. The van der Waals surface area contributed by atoms with Gasteiger partial charge in [0.25, 0.3) is 17.6 Å². The van der Waals surface area contributed by atoms with E-state index in [2.05, 4.69) is 25.7 Å². The van der Waals surface area contributed by atoms with E-state index in [0.29, 0.717) is 25.3 Å². The minimum absolute atomic E-state index is 0.0417. The zero-order chi connectivity index (χ0) is 19.4. The Morgan fingerprint density at radius 1 is 1.07 bits per heavy atom. The number of carbonyl (C=O) groups excluding carboxylic acids is 2. The number of carbonyl (C=O) groups is 2. The molecule has 0 saturated carbocycles. The van der Waals surface area contributed by atoms with Crippen molar-refractivity contribution in [1.29, 1.82) is 0 Å². The normalized spacial score (nSPS) is 10.8. The third-order valence-electron chi connectivity index (χ3n) is 3.83. The van der Waals surface area contributed by atoms with Gasteiger partial charge < -0.3 is 10.6 Å². The number of fused-ring (bicyclic) bond motifs is 1. The first kappa shape index (κ1) is 18.4. The second-order valence-electron chi connectivity index (χ2n) is 6.06. The molecule has 0 aliphatic rings. The van der Waals surface area contributed by atoms with Gasteiger partial charge in [0.05, 0.1) is 0 Å². The van der Waals surface area contributed by atoms with Gasteiger partial charge in [0.15, 0.2) is 0 Å². The third kappa shape index (κ3) is 4.43. The highest BCUT2D eigenvalue weighted by Crippen LogP contribution is 2.05. The van der Waals surface area contributed by atoms with Crippen molar-refractivity contribution in [3.8, 4) is 0 Å². The van der Waals surface area contributed by atoms with Crippen LogP contribution in [0.5, 0.6) is 0 Å². The van der Waals surface area contributed by atoms with E-state index in [1.807, 2.05) is 19.9 Å². The molecule has 1 aromatic carbocycles. The summed E-state index contributed by atoms with van der Waals surface area (Å²) in [4.78, 5) is 32.4. The summed E-state index contributed by atoms with van der Waals surface area (Å²) >= 11 is 0. The topological polar surface area (TPSA) is 101 Å². The van der Waals surface area contributed by atoms with E-state index < -0.39 is 11.7 Å². The van der Waals surface area contributed by atoms with E-state index in [9.17, 15) is 14.0 Å². The Kier molecular flexibility index (Phi) is 5.39. The van der Waals surface area contributed by atoms with Crippen molar-refractivity contribution >= 4 is 17.6 Å². The molecular formula is C18H19FN6O2. The lowest BCUT2D eigenvalue weighted by atomic mass is 10.2. The predicted molar refractivity (Wildman–Crippen MR) is 95.9 cm³/mol. The Bertz CT molecular complexity index is 1000. The van der Waals surface area contributed by atoms with E-state index >= 15 is 0 Å². The number of benzene rings is 1. The maximum Gasteiger partial charge on any atom is 0.291 e. The average molecular weight is 370 g/mol. The fourth-order valence-corrected chi connectivity index (χ4v) is 2.57. The van der Waals surface area contributed by atoms with Gasteiger partial charge in [-0.05, 0) is 44.5 Å². The van der Waals surface area contributed by atoms with Gasteiger partial charge in [0, 0.05) is 30.0 Å². The SMILES string of the molecule is Cc1cc(C)n2nc(C(=O)NCCCNC(=O)c3cccc(F)c3)nc2n1. The highest BCUT2D eigenvalue weighted by atomic mass is 19.1. The molecule has 2 N–H and O–H groups in total. The van der Waals surface area contributed by atoms with E-state index in [0.717, 1.165) is 11.4 Å². The predicted octanol–water partition coefficient (Wildman–Crippen LogP) is 1.43. The maximum absolute atomic E-state index is 13.1. The number of halogens is 1. The Balaban J connectivity index is 1.47. The number of hydrogen-bond donors (Lipinski definition) is 2. The number of aryl methyl sites for hydroxylation is 2. The molecule has 3 rings (SSSR count). The molecule has 8 nitrogen and oxygen atoms in total. The number of hydrogen-bond acceptors (Lipinski definition) is 5. The van der Waals surface area contributed by atoms with Crippen molar-refractivity contribution in [3.63, 3.8) is 0 Å². The second-order valence-corrected chi connectivity index (χ2v) is 6.06. The number of nitrogens with zero attached hydrogens (tertiary/aromatic N) is 4. The van der Waals surface area contributed by atoms with Crippen LogP contribution in [-0.2, 0) is 0 Å². The van der Waals surface area contributed by atoms with Crippen molar-refractivity contribution in [2.24, 2.45) is 0 Å². The standard InChI is InChI=1S/C18H19FN6O2/c1-11-9-12(2)25-18(22-11)23-15(24-25)17(27)21-8-4-7-20-16(26)13-5-3-6-14(19)10-13/h3,5-6,9-10H,4,7-8H2,1-2H3,(H,20,26)(H,21,27). The van der Waals surface area contributed by atoms with Crippen molar-refractivity contribution in [3.05, 3.63) is 58.9 Å². The number of nitrogens with one attached hydrogen (secondary N) is 2. The highest BCUT2D eigenvalue weighted by molar-refractivity contribution is 5.94. The van der Waals surface area contributed by atoms with Crippen LogP contribution in [0.2, 0.25) is 0 Å². The molecule has 0 bridgehead atoms. The van der Waals surface area contributed by atoms with Gasteiger partial charge in [-0.3, -0.25) is 9.59 Å². The van der Waals surface area contributed by atoms with Crippen LogP contribution in [-0.4, -0.2) is 44.5 Å². The van der Waals surface area contributed by atoms with Gasteiger partial charge >= 0.3 is 0 Å². The van der Waals surface area contributed by atoms with Gasteiger partial charge in [-0.25, -0.2) is 13.9 Å². The van der Waals surface area contributed by atoms with Crippen LogP contribution >= 0.6 is 0 Å². The lowest BCUT2D eigenvalue weighted by Gasteiger charge is -2.06. The third-order valence-corrected chi connectivity index (χ3v) is 3.83. The zero-order valence-electron chi connectivity index (χ0n) is 15.0. The first-order chi connectivity index (χ1) is 12.9. The van der Waals surface area contributed by atoms with Crippen LogP contribution in [0.15, 0.2) is 30.3 Å². The molecule has 0 saturated heterocycles. The molecule has 2 aromatic heterocycles. The Morgan fingerprint density at radius 3 is 2.56 bits per heavy atom. The maximum atomic E-state index is 13.1. The van der Waals surface area contributed by atoms with Crippen LogP contribution < -0.4 is 10.6 Å². The number of rotatable bonds is 6. The summed E-state index contributed by atoms with van der Waals surface area (Å²) in [7, 11) is 0. The van der Waals surface area contributed by atoms with Gasteiger partial charge in [-0.2, -0.15) is 4.98 Å². The van der Waals surface area contributed by atoms with Crippen molar-refractivity contribution in [1.82, 2.24) is 30.2 Å². The molecule has 3 aromatic rings. The monoisotopic (exact) mass is 370 g/mol. The average Bonchev–Trinajstić information content (AvgIpc) is 3.05. The lowest BCUT2D eigenvalue weighted by molar-refractivity contribution is 0.0943. The molecule has 0 aliphatic heterocycles. The van der Waals surface area contributed by atoms with E-state index in [1.165, 1.54) is 28.8 Å². The minimum Gasteiger partial charge on any atom is -0.352 e. The van der Waals surface area contributed by atoms with E-state index in [4.69, 9.17) is 0 Å². The summed E-state index contributed by atoms with van der Waals surface area (Å²) < 4.78 is 14.6. The Labute approximate surface area is 154 Å². The summed E-state index contributed by atoms with van der Waals surface area (Å²) in [5, 5.41) is 9.53. The van der Waals surface area contributed by atoms with Gasteiger partial charge in [0.2, 0.25) is 5.82 Å². The highest BCUT2D eigenvalue weighted by Gasteiger charge is 2.14. The summed E-state index contributed by atoms with van der Waals surface area (Å²) in [6.07, 6.45) is 0.510. The quantitative estimate of drug-likeness (QED) is 0.639. The Hall–Kier alpha value is -3.36. The molecule has 2 heterocycles. The first-order valence-corrected chi connectivity index (χ1v) is 8.47. The fraction of sp³-hybridized carbons (Fsp3) is 0.278. The van der Waals surface area contributed by atoms with Crippen LogP contribution in [0.25, 0.3) is 5.78 Å². The van der Waals surface area contributed by atoms with E-state index in [1.54, 1.807) is 0 Å². The summed E-state index contributed by atoms with van der Waals surface area (Å²) in [6.45, 7) is 4.39. The van der Waals surface area contributed by atoms with Crippen molar-refractivity contribution < 1.29 is 14.0 Å². The lowest BCUT2D eigenvalue weighted by Crippen LogP contribution is -2.30. The molecule has 0 atom stereocenters. The fourth-order valence-electron chi connectivity index (χ4n) is 2.57. The summed E-state index contributed by atoms with van der Waals surface area (Å²) in [6, 6.07) is 7.31. The number of amides is 2. The van der Waals surface area contributed by atoms with Gasteiger partial charge in [-0.1, -0.05) is 6.07 Å². The largest absolute Gasteiger partial charge is 0.352 e. The first-order valence-electron chi connectivity index (χ1n) is 8.47. The molecule has 0 fully saturated rings. The minimum atomic E-state index is -0.463. The van der Waals surface area contributed by atoms with Crippen LogP contribution in [0, 0.1) is 19.7 Å². The molecule has 0 radical (unpaired) electrons. The zero-order valence-corrected chi connectivity index (χ0v) is 15.0. The molecule has 27 heavy (non-hydrogen) atoms. The van der Waals surface area contributed by atoms with Crippen molar-refractivity contribution in [2.45, 2.75) is 20.3 Å². The molecule has 9 heteroatoms. The van der Waals surface area contributed by atoms with Gasteiger partial charge in [-0.15, -0.1) is 5.10 Å². The molecule has 140 valence electrons. The van der Waals surface area contributed by atoms with Crippen LogP contribution in [0.4, 0.5) is 4.39 Å². The van der Waals surface area contributed by atoms with Crippen LogP contribution in [0.3, 0.4) is 0 Å². The second kappa shape index (κ2) is 7.90. The smallest absolute Gasteiger partial charge is 0.291 e. The molecule has 0 aliphatic carbocycles. The van der Waals surface area contributed by atoms with Gasteiger partial charge in [0.1, 0.15) is 5.82 Å². The molecule has 0 unspecified atom stereocenters. The Morgan fingerprint density at radius 2 is 1.81 bits per heavy atom. The number of aromatic nitrogens is 4. The van der Waals surface area contributed by atoms with E-state index in [-0.39, 0.29) is 17.3 Å².